The molecule has 9 heteroatoms. The Morgan fingerprint density at radius 1 is 1.03 bits per heavy atom. The van der Waals surface area contributed by atoms with Gasteiger partial charge in [-0.15, -0.1) is 0 Å². The van der Waals surface area contributed by atoms with Gasteiger partial charge in [-0.05, 0) is 81.1 Å². The molecule has 1 N–H and O–H groups in total. The highest BCUT2D eigenvalue weighted by Crippen LogP contribution is 2.35. The minimum Gasteiger partial charge on any atom is -0.495 e. The van der Waals surface area contributed by atoms with Crippen LogP contribution >= 0.6 is 11.6 Å². The van der Waals surface area contributed by atoms with Gasteiger partial charge in [-0.25, -0.2) is 8.42 Å². The summed E-state index contributed by atoms with van der Waals surface area (Å²) in [5, 5.41) is 3.27. The van der Waals surface area contributed by atoms with E-state index in [1.807, 2.05) is 26.0 Å². The Balaban J connectivity index is 1.56. The topological polar surface area (TPSA) is 79.0 Å². The molecule has 0 aliphatic carbocycles. The van der Waals surface area contributed by atoms with Crippen LogP contribution in [0.25, 0.3) is 0 Å². The summed E-state index contributed by atoms with van der Waals surface area (Å²) >= 11 is 6.22. The van der Waals surface area contributed by atoms with Crippen molar-refractivity contribution in [3.8, 4) is 5.75 Å². The lowest BCUT2D eigenvalue weighted by Crippen LogP contribution is -2.41. The number of carbonyl (C=O) groups is 1. The minimum absolute atomic E-state index is 0.0688. The monoisotopic (exact) mass is 555 g/mol. The maximum Gasteiger partial charge on any atom is 0.264 e. The highest BCUT2D eigenvalue weighted by molar-refractivity contribution is 7.92. The van der Waals surface area contributed by atoms with Crippen LogP contribution in [-0.4, -0.2) is 41.1 Å². The van der Waals surface area contributed by atoms with Gasteiger partial charge >= 0.3 is 0 Å². The van der Waals surface area contributed by atoms with Gasteiger partial charge in [-0.1, -0.05) is 41.4 Å². The number of hydrogen-bond acceptors (Lipinski definition) is 5. The zero-order valence-corrected chi connectivity index (χ0v) is 23.6. The predicted octanol–water partition coefficient (Wildman–Crippen LogP) is 5.72. The number of aryl methyl sites for hydroxylation is 1. The van der Waals surface area contributed by atoms with Crippen LogP contribution in [0.4, 0.5) is 11.4 Å². The first-order valence-electron chi connectivity index (χ1n) is 12.8. The van der Waals surface area contributed by atoms with Gasteiger partial charge in [0.15, 0.2) is 0 Å². The molecule has 1 unspecified atom stereocenters. The van der Waals surface area contributed by atoms with Crippen molar-refractivity contribution in [3.05, 3.63) is 82.9 Å². The third-order valence-corrected chi connectivity index (χ3v) is 8.81. The lowest BCUT2D eigenvalue weighted by molar-refractivity contribution is -0.120. The average molecular weight is 556 g/mol. The van der Waals surface area contributed by atoms with E-state index in [1.54, 1.807) is 24.3 Å². The molecule has 1 atom stereocenters. The summed E-state index contributed by atoms with van der Waals surface area (Å²) in [5.74, 6) is -0.158. The summed E-state index contributed by atoms with van der Waals surface area (Å²) in [5.41, 5.74) is 3.23. The Kier molecular flexibility index (Phi) is 8.84. The SMILES string of the molecule is COc1ccc(Cl)cc1N(CC(=O)NC(C)c1ccc(N2CCCCC2)cc1)S(=O)(=O)c1ccc(C)cc1. The van der Waals surface area contributed by atoms with Crippen molar-refractivity contribution in [3.63, 3.8) is 0 Å². The summed E-state index contributed by atoms with van der Waals surface area (Å²) in [7, 11) is -2.66. The Hall–Kier alpha value is -3.23. The molecule has 38 heavy (non-hydrogen) atoms. The summed E-state index contributed by atoms with van der Waals surface area (Å²) in [6.07, 6.45) is 3.68. The van der Waals surface area contributed by atoms with Crippen molar-refractivity contribution in [1.82, 2.24) is 5.32 Å². The van der Waals surface area contributed by atoms with Gasteiger partial charge in [-0.3, -0.25) is 9.10 Å². The number of sulfonamides is 1. The number of methoxy groups -OCH3 is 1. The second-order valence-electron chi connectivity index (χ2n) is 9.57. The fraction of sp³-hybridized carbons (Fsp3) is 0.345. The smallest absolute Gasteiger partial charge is 0.264 e. The number of benzene rings is 3. The van der Waals surface area contributed by atoms with Crippen LogP contribution in [0.2, 0.25) is 5.02 Å². The minimum atomic E-state index is -4.11. The van der Waals surface area contributed by atoms with Gasteiger partial charge in [0.25, 0.3) is 10.0 Å². The number of anilines is 2. The van der Waals surface area contributed by atoms with Crippen LogP contribution in [0.5, 0.6) is 5.75 Å². The van der Waals surface area contributed by atoms with E-state index >= 15 is 0 Å². The highest BCUT2D eigenvalue weighted by atomic mass is 35.5. The molecule has 0 spiro atoms. The van der Waals surface area contributed by atoms with Gasteiger partial charge in [0.1, 0.15) is 12.3 Å². The van der Waals surface area contributed by atoms with Crippen molar-refractivity contribution >= 4 is 38.9 Å². The van der Waals surface area contributed by atoms with E-state index in [2.05, 4.69) is 22.3 Å². The van der Waals surface area contributed by atoms with Gasteiger partial charge < -0.3 is 15.0 Å². The van der Waals surface area contributed by atoms with E-state index < -0.39 is 22.5 Å². The van der Waals surface area contributed by atoms with Gasteiger partial charge in [0, 0.05) is 23.8 Å². The second-order valence-corrected chi connectivity index (χ2v) is 11.9. The van der Waals surface area contributed by atoms with Gasteiger partial charge in [-0.2, -0.15) is 0 Å². The normalized spacial score (nSPS) is 14.6. The molecule has 7 nitrogen and oxygen atoms in total. The third kappa shape index (κ3) is 6.42. The number of nitrogens with one attached hydrogen (secondary N) is 1. The third-order valence-electron chi connectivity index (χ3n) is 6.80. The van der Waals surface area contributed by atoms with E-state index in [1.165, 1.54) is 50.3 Å². The largest absolute Gasteiger partial charge is 0.495 e. The van der Waals surface area contributed by atoms with Crippen molar-refractivity contribution in [2.45, 2.75) is 44.0 Å². The number of amides is 1. The molecule has 202 valence electrons. The second kappa shape index (κ2) is 12.1. The summed E-state index contributed by atoms with van der Waals surface area (Å²) in [6.45, 7) is 5.44. The van der Waals surface area contributed by atoms with Crippen LogP contribution in [0.1, 0.15) is 43.4 Å². The molecule has 1 fully saturated rings. The van der Waals surface area contributed by atoms with Crippen LogP contribution < -0.4 is 19.3 Å². The van der Waals surface area contributed by atoms with Gasteiger partial charge in [0.05, 0.1) is 23.7 Å². The van der Waals surface area contributed by atoms with Crippen LogP contribution in [0, 0.1) is 6.92 Å². The van der Waals surface area contributed by atoms with E-state index in [0.29, 0.717) is 10.8 Å². The zero-order chi connectivity index (χ0) is 27.3. The number of piperidine rings is 1. The average Bonchev–Trinajstić information content (AvgIpc) is 2.92. The molecule has 0 aromatic heterocycles. The molecule has 0 saturated carbocycles. The predicted molar refractivity (Wildman–Crippen MR) is 153 cm³/mol. The first kappa shape index (κ1) is 27.8. The number of rotatable bonds is 9. The van der Waals surface area contributed by atoms with Crippen molar-refractivity contribution < 1.29 is 17.9 Å². The zero-order valence-electron chi connectivity index (χ0n) is 22.0. The quantitative estimate of drug-likeness (QED) is 0.365. The number of nitrogens with zero attached hydrogens (tertiary/aromatic N) is 2. The lowest BCUT2D eigenvalue weighted by atomic mass is 10.1. The fourth-order valence-electron chi connectivity index (χ4n) is 4.62. The summed E-state index contributed by atoms with van der Waals surface area (Å²) < 4.78 is 34.0. The Labute approximate surface area is 230 Å². The van der Waals surface area contributed by atoms with Crippen molar-refractivity contribution in [1.29, 1.82) is 0 Å². The molecule has 1 aliphatic heterocycles. The molecule has 0 bridgehead atoms. The molecule has 0 radical (unpaired) electrons. The van der Waals surface area contributed by atoms with E-state index in [-0.39, 0.29) is 16.6 Å². The molecule has 3 aromatic carbocycles. The van der Waals surface area contributed by atoms with Crippen molar-refractivity contribution in [2.75, 3.05) is 35.9 Å². The molecule has 3 aromatic rings. The molecular weight excluding hydrogens is 522 g/mol. The maximum atomic E-state index is 13.7. The fourth-order valence-corrected chi connectivity index (χ4v) is 6.21. The van der Waals surface area contributed by atoms with Crippen LogP contribution in [0.3, 0.4) is 0 Å². The molecule has 1 aliphatic rings. The number of carbonyl (C=O) groups excluding carboxylic acids is 1. The van der Waals surface area contributed by atoms with E-state index in [9.17, 15) is 13.2 Å². The van der Waals surface area contributed by atoms with Gasteiger partial charge in [0.2, 0.25) is 5.91 Å². The first-order valence-corrected chi connectivity index (χ1v) is 14.6. The Morgan fingerprint density at radius 2 is 1.68 bits per heavy atom. The van der Waals surface area contributed by atoms with Crippen LogP contribution in [-0.2, 0) is 14.8 Å². The Bertz CT molecular complexity index is 1360. The van der Waals surface area contributed by atoms with Crippen LogP contribution in [0.15, 0.2) is 71.6 Å². The summed E-state index contributed by atoms with van der Waals surface area (Å²) in [6, 6.07) is 19.0. The molecule has 1 heterocycles. The molecule has 1 amide bonds. The lowest BCUT2D eigenvalue weighted by Gasteiger charge is -2.29. The van der Waals surface area contributed by atoms with Crippen molar-refractivity contribution in [2.24, 2.45) is 0 Å². The Morgan fingerprint density at radius 3 is 2.32 bits per heavy atom. The summed E-state index contributed by atoms with van der Waals surface area (Å²) in [4.78, 5) is 15.7. The maximum absolute atomic E-state index is 13.7. The molecular formula is C29H34ClN3O4S. The molecule has 1 saturated heterocycles. The molecule has 4 rings (SSSR count). The standard InChI is InChI=1S/C29H34ClN3O4S/c1-21-7-14-26(15-8-21)38(35,36)33(27-19-24(30)11-16-28(27)37-3)20-29(34)31-22(2)23-9-12-25(13-10-23)32-17-5-4-6-18-32/h7-16,19,22H,4-6,17-18,20H2,1-3H3,(H,31,34). The first-order chi connectivity index (χ1) is 18.2. The van der Waals surface area contributed by atoms with E-state index in [0.717, 1.165) is 28.5 Å². The van der Waals surface area contributed by atoms with E-state index in [4.69, 9.17) is 16.3 Å². The number of ether oxygens (including phenoxy) is 1. The number of halogens is 1. The highest BCUT2D eigenvalue weighted by Gasteiger charge is 2.30. The number of hydrogen-bond donors (Lipinski definition) is 1.